The summed E-state index contributed by atoms with van der Waals surface area (Å²) in [6.45, 7) is 2.62. The van der Waals surface area contributed by atoms with Gasteiger partial charge in [0.15, 0.2) is 0 Å². The first-order chi connectivity index (χ1) is 9.15. The lowest BCUT2D eigenvalue weighted by Crippen LogP contribution is -2.20. The van der Waals surface area contributed by atoms with Crippen molar-refractivity contribution in [3.8, 4) is 11.8 Å². The van der Waals surface area contributed by atoms with Crippen molar-refractivity contribution in [2.24, 2.45) is 5.73 Å². The van der Waals surface area contributed by atoms with E-state index in [2.05, 4.69) is 16.7 Å². The highest BCUT2D eigenvalue weighted by atomic mass is 19.1. The molecule has 4 heteroatoms. The third-order valence-electron chi connectivity index (χ3n) is 2.63. The van der Waals surface area contributed by atoms with E-state index in [0.717, 1.165) is 25.1 Å². The Hall–Kier alpha value is -1.41. The van der Waals surface area contributed by atoms with Crippen LogP contribution in [-0.2, 0) is 11.3 Å². The zero-order valence-corrected chi connectivity index (χ0v) is 11.6. The summed E-state index contributed by atoms with van der Waals surface area (Å²) in [5.74, 6) is 5.33. The van der Waals surface area contributed by atoms with Crippen molar-refractivity contribution in [1.82, 2.24) is 4.90 Å². The van der Waals surface area contributed by atoms with Crippen molar-refractivity contribution in [2.75, 3.05) is 33.9 Å². The fraction of sp³-hybridized carbons (Fsp3) is 0.467. The first kappa shape index (κ1) is 15.6. The molecule has 0 aliphatic heterocycles. The predicted molar refractivity (Wildman–Crippen MR) is 75.2 cm³/mol. The molecule has 0 atom stereocenters. The Kier molecular flexibility index (Phi) is 7.12. The second-order valence-corrected chi connectivity index (χ2v) is 4.44. The molecule has 0 saturated carbocycles. The van der Waals surface area contributed by atoms with Gasteiger partial charge in [-0.05, 0) is 37.2 Å². The summed E-state index contributed by atoms with van der Waals surface area (Å²) in [5, 5.41) is 0. The fourth-order valence-electron chi connectivity index (χ4n) is 1.84. The first-order valence-electron chi connectivity index (χ1n) is 6.31. The number of rotatable bonds is 6. The standard InChI is InChI=1S/C15H21FN2O/c1-18(7-4-8-19-2)12-14-9-13(5-3-6-17)10-15(16)11-14/h9-11H,4,6-8,12,17H2,1-2H3. The van der Waals surface area contributed by atoms with Gasteiger partial charge in [0, 0.05) is 32.4 Å². The van der Waals surface area contributed by atoms with Crippen molar-refractivity contribution in [1.29, 1.82) is 0 Å². The molecular weight excluding hydrogens is 243 g/mol. The Balaban J connectivity index is 2.64. The van der Waals surface area contributed by atoms with Gasteiger partial charge in [0.05, 0.1) is 6.54 Å². The molecule has 0 bridgehead atoms. The van der Waals surface area contributed by atoms with Gasteiger partial charge in [-0.15, -0.1) is 0 Å². The quantitative estimate of drug-likeness (QED) is 0.626. The summed E-state index contributed by atoms with van der Waals surface area (Å²) in [7, 11) is 3.70. The Labute approximate surface area is 114 Å². The molecule has 0 fully saturated rings. The Morgan fingerprint density at radius 1 is 1.37 bits per heavy atom. The highest BCUT2D eigenvalue weighted by Gasteiger charge is 2.03. The van der Waals surface area contributed by atoms with Crippen LogP contribution in [0.15, 0.2) is 18.2 Å². The molecule has 2 N–H and O–H groups in total. The Morgan fingerprint density at radius 2 is 2.16 bits per heavy atom. The predicted octanol–water partition coefficient (Wildman–Crippen LogP) is 1.60. The van der Waals surface area contributed by atoms with Gasteiger partial charge in [0.2, 0.25) is 0 Å². The Bertz CT molecular complexity index is 451. The molecule has 0 heterocycles. The largest absolute Gasteiger partial charge is 0.385 e. The lowest BCUT2D eigenvalue weighted by atomic mass is 10.1. The van der Waals surface area contributed by atoms with Crippen LogP contribution >= 0.6 is 0 Å². The molecule has 0 saturated heterocycles. The molecule has 0 aromatic heterocycles. The second kappa shape index (κ2) is 8.65. The van der Waals surface area contributed by atoms with Gasteiger partial charge in [0.25, 0.3) is 0 Å². The van der Waals surface area contributed by atoms with E-state index in [-0.39, 0.29) is 12.4 Å². The number of nitrogens with zero attached hydrogens (tertiary/aromatic N) is 1. The average Bonchev–Trinajstić information content (AvgIpc) is 2.36. The fourth-order valence-corrected chi connectivity index (χ4v) is 1.84. The van der Waals surface area contributed by atoms with Crippen LogP contribution in [0.3, 0.4) is 0 Å². The lowest BCUT2D eigenvalue weighted by molar-refractivity contribution is 0.178. The zero-order chi connectivity index (χ0) is 14.1. The van der Waals surface area contributed by atoms with Gasteiger partial charge in [0.1, 0.15) is 5.82 Å². The number of nitrogens with two attached hydrogens (primary N) is 1. The van der Waals surface area contributed by atoms with E-state index in [1.165, 1.54) is 6.07 Å². The zero-order valence-electron chi connectivity index (χ0n) is 11.6. The minimum Gasteiger partial charge on any atom is -0.385 e. The van der Waals surface area contributed by atoms with Gasteiger partial charge in [-0.2, -0.15) is 0 Å². The number of hydrogen-bond acceptors (Lipinski definition) is 3. The van der Waals surface area contributed by atoms with Crippen LogP contribution in [0, 0.1) is 17.7 Å². The summed E-state index contributed by atoms with van der Waals surface area (Å²) in [4.78, 5) is 2.13. The van der Waals surface area contributed by atoms with E-state index in [0.29, 0.717) is 12.1 Å². The maximum Gasteiger partial charge on any atom is 0.124 e. The van der Waals surface area contributed by atoms with Crippen LogP contribution in [0.5, 0.6) is 0 Å². The minimum atomic E-state index is -0.260. The van der Waals surface area contributed by atoms with E-state index >= 15 is 0 Å². The van der Waals surface area contributed by atoms with Crippen molar-refractivity contribution in [3.63, 3.8) is 0 Å². The molecule has 19 heavy (non-hydrogen) atoms. The van der Waals surface area contributed by atoms with Gasteiger partial charge in [-0.1, -0.05) is 11.8 Å². The topological polar surface area (TPSA) is 38.5 Å². The molecule has 0 amide bonds. The Morgan fingerprint density at radius 3 is 2.84 bits per heavy atom. The van der Waals surface area contributed by atoms with Gasteiger partial charge in [-0.3, -0.25) is 0 Å². The van der Waals surface area contributed by atoms with E-state index in [1.807, 2.05) is 13.1 Å². The maximum absolute atomic E-state index is 13.5. The van der Waals surface area contributed by atoms with E-state index < -0.39 is 0 Å². The van der Waals surface area contributed by atoms with E-state index in [4.69, 9.17) is 10.5 Å². The molecule has 1 rings (SSSR count). The molecule has 0 unspecified atom stereocenters. The van der Waals surface area contributed by atoms with Crippen molar-refractivity contribution < 1.29 is 9.13 Å². The summed E-state index contributed by atoms with van der Waals surface area (Å²) in [5.41, 5.74) is 6.90. The van der Waals surface area contributed by atoms with Crippen LogP contribution < -0.4 is 5.73 Å². The number of hydrogen-bond donors (Lipinski definition) is 1. The van der Waals surface area contributed by atoms with Crippen LogP contribution in [0.1, 0.15) is 17.5 Å². The SMILES string of the molecule is COCCCN(C)Cc1cc(F)cc(C#CCN)c1. The third-order valence-corrected chi connectivity index (χ3v) is 2.63. The van der Waals surface area contributed by atoms with Crippen molar-refractivity contribution in [2.45, 2.75) is 13.0 Å². The summed E-state index contributed by atoms with van der Waals surface area (Å²) in [6.07, 6.45) is 0.960. The van der Waals surface area contributed by atoms with Crippen LogP contribution in [0.2, 0.25) is 0 Å². The van der Waals surface area contributed by atoms with Crippen LogP contribution in [0.25, 0.3) is 0 Å². The summed E-state index contributed by atoms with van der Waals surface area (Å²) >= 11 is 0. The smallest absolute Gasteiger partial charge is 0.124 e. The number of benzene rings is 1. The highest BCUT2D eigenvalue weighted by Crippen LogP contribution is 2.10. The molecule has 1 aromatic carbocycles. The molecule has 104 valence electrons. The number of halogens is 1. The van der Waals surface area contributed by atoms with E-state index in [1.54, 1.807) is 13.2 Å². The molecule has 0 aliphatic carbocycles. The first-order valence-corrected chi connectivity index (χ1v) is 6.31. The maximum atomic E-state index is 13.5. The van der Waals surface area contributed by atoms with Crippen molar-refractivity contribution >= 4 is 0 Å². The summed E-state index contributed by atoms with van der Waals surface area (Å²) < 4.78 is 18.5. The van der Waals surface area contributed by atoms with Gasteiger partial charge >= 0.3 is 0 Å². The van der Waals surface area contributed by atoms with Gasteiger partial charge in [-0.25, -0.2) is 4.39 Å². The van der Waals surface area contributed by atoms with Crippen LogP contribution in [0.4, 0.5) is 4.39 Å². The monoisotopic (exact) mass is 264 g/mol. The number of methoxy groups -OCH3 is 1. The lowest BCUT2D eigenvalue weighted by Gasteiger charge is -2.16. The third kappa shape index (κ3) is 6.35. The molecule has 0 spiro atoms. The highest BCUT2D eigenvalue weighted by molar-refractivity contribution is 5.37. The second-order valence-electron chi connectivity index (χ2n) is 4.44. The molecule has 3 nitrogen and oxygen atoms in total. The molecule has 0 aliphatic rings. The summed E-state index contributed by atoms with van der Waals surface area (Å²) in [6, 6.07) is 4.87. The van der Waals surface area contributed by atoms with Crippen molar-refractivity contribution in [3.05, 3.63) is 35.1 Å². The van der Waals surface area contributed by atoms with Gasteiger partial charge < -0.3 is 15.4 Å². The molecular formula is C15H21FN2O. The number of ether oxygens (including phenoxy) is 1. The normalized spacial score (nSPS) is 10.4. The van der Waals surface area contributed by atoms with Crippen LogP contribution in [-0.4, -0.2) is 38.8 Å². The minimum absolute atomic E-state index is 0.260. The van der Waals surface area contributed by atoms with E-state index in [9.17, 15) is 4.39 Å². The molecule has 0 radical (unpaired) electrons. The average molecular weight is 264 g/mol. The molecule has 1 aromatic rings.